The van der Waals surface area contributed by atoms with E-state index in [1.807, 2.05) is 0 Å². The summed E-state index contributed by atoms with van der Waals surface area (Å²) in [5.74, 6) is -0.0598. The predicted octanol–water partition coefficient (Wildman–Crippen LogP) is 5.61. The molecule has 2 aromatic rings. The van der Waals surface area contributed by atoms with E-state index in [0.717, 1.165) is 38.2 Å². The molecule has 6 nitrogen and oxygen atoms in total. The Labute approximate surface area is 225 Å². The van der Waals surface area contributed by atoms with E-state index in [-0.39, 0.29) is 53.9 Å². The molecule has 0 bridgehead atoms. The number of hydrogen-bond donors (Lipinski definition) is 1. The molecule has 1 unspecified atom stereocenters. The molecular weight excluding hydrogens is 509 g/mol. The zero-order valence-electron chi connectivity index (χ0n) is 21.9. The van der Waals surface area contributed by atoms with Crippen molar-refractivity contribution < 1.29 is 32.3 Å². The Balaban J connectivity index is 1.13. The maximum absolute atomic E-state index is 13.9. The lowest BCUT2D eigenvalue weighted by Gasteiger charge is -2.26. The minimum atomic E-state index is -4.51. The number of hydrogen-bond acceptors (Lipinski definition) is 4. The third-order valence-electron chi connectivity index (χ3n) is 8.45. The number of carbonyl (C=O) groups is 3. The summed E-state index contributed by atoms with van der Waals surface area (Å²) in [5.41, 5.74) is 0.178. The van der Waals surface area contributed by atoms with Gasteiger partial charge in [0.25, 0.3) is 5.91 Å². The van der Waals surface area contributed by atoms with Crippen molar-refractivity contribution in [3.63, 3.8) is 0 Å². The van der Waals surface area contributed by atoms with Crippen LogP contribution in [0.2, 0.25) is 0 Å². The van der Waals surface area contributed by atoms with Crippen molar-refractivity contribution in [3.8, 4) is 5.75 Å². The van der Waals surface area contributed by atoms with Crippen LogP contribution >= 0.6 is 0 Å². The number of piperidine rings is 1. The number of nitrogens with one attached hydrogen (secondary N) is 1. The maximum Gasteiger partial charge on any atom is 0.416 e. The molecule has 1 aliphatic heterocycles. The lowest BCUT2D eigenvalue weighted by atomic mass is 9.81. The van der Waals surface area contributed by atoms with E-state index in [1.165, 1.54) is 12.1 Å². The van der Waals surface area contributed by atoms with Gasteiger partial charge in [0.05, 0.1) is 12.7 Å². The Morgan fingerprint density at radius 1 is 0.923 bits per heavy atom. The molecule has 3 aliphatic rings. The van der Waals surface area contributed by atoms with Gasteiger partial charge in [0.2, 0.25) is 5.91 Å². The summed E-state index contributed by atoms with van der Waals surface area (Å²) in [4.78, 5) is 39.5. The summed E-state index contributed by atoms with van der Waals surface area (Å²) in [6.45, 7) is 0.788. The average molecular weight is 543 g/mol. The van der Waals surface area contributed by atoms with Crippen molar-refractivity contribution in [2.75, 3.05) is 20.2 Å². The van der Waals surface area contributed by atoms with Crippen molar-refractivity contribution >= 4 is 17.6 Å². The minimum absolute atomic E-state index is 0.0563. The van der Waals surface area contributed by atoms with E-state index in [4.69, 9.17) is 4.74 Å². The highest BCUT2D eigenvalue weighted by Gasteiger charge is 2.57. The zero-order chi connectivity index (χ0) is 27.7. The van der Waals surface area contributed by atoms with Crippen LogP contribution in [-0.4, -0.2) is 48.7 Å². The summed E-state index contributed by atoms with van der Waals surface area (Å²) in [6, 6.07) is 10.7. The molecule has 2 saturated carbocycles. The number of Topliss-reactive ketones (excluding diaryl/α,β-unsaturated/α-hetero) is 1. The number of halogens is 3. The van der Waals surface area contributed by atoms with Crippen LogP contribution in [0, 0.1) is 11.8 Å². The lowest BCUT2D eigenvalue weighted by Crippen LogP contribution is -2.37. The van der Waals surface area contributed by atoms with Crippen LogP contribution in [0.1, 0.15) is 82.7 Å². The Kier molecular flexibility index (Phi) is 7.69. The number of carbonyl (C=O) groups excluding carboxylic acids is 3. The molecule has 2 aliphatic carbocycles. The molecule has 0 aromatic heterocycles. The van der Waals surface area contributed by atoms with Crippen LogP contribution in [-0.2, 0) is 11.0 Å². The van der Waals surface area contributed by atoms with Crippen LogP contribution in [0.4, 0.5) is 13.2 Å². The van der Waals surface area contributed by atoms with Gasteiger partial charge in [0.15, 0.2) is 5.78 Å². The molecule has 1 heterocycles. The normalized spacial score (nSPS) is 22.8. The van der Waals surface area contributed by atoms with Gasteiger partial charge in [0, 0.05) is 54.9 Å². The highest BCUT2D eigenvalue weighted by atomic mass is 19.4. The summed E-state index contributed by atoms with van der Waals surface area (Å²) in [6.07, 6.45) is 0.0323. The van der Waals surface area contributed by atoms with Crippen molar-refractivity contribution in [1.82, 2.24) is 10.2 Å². The smallest absolute Gasteiger partial charge is 0.416 e. The molecular formula is C30H33F3N2O4. The topological polar surface area (TPSA) is 75.7 Å². The number of nitrogens with zero attached hydrogens (tertiary/aromatic N) is 1. The Bertz CT molecular complexity index is 1230. The second kappa shape index (κ2) is 11.0. The van der Waals surface area contributed by atoms with E-state index >= 15 is 0 Å². The van der Waals surface area contributed by atoms with Crippen LogP contribution in [0.25, 0.3) is 0 Å². The standard InChI is InChI=1S/C30H33F3N2O4/c1-39-21-10-7-19(8-11-21)26(36)13-14-27(37)34-28-23-16-35(17-24(23)28)29(38)20-9-12-22(18-5-3-2-4-6-18)25(15-20)30(31,32)33/h7-12,15,18,23-24,28H,2-6,13-14,16-17H2,1H3,(H,34,37)/t23-,24+,28?. The van der Waals surface area contributed by atoms with Gasteiger partial charge in [0.1, 0.15) is 5.75 Å². The monoisotopic (exact) mass is 542 g/mol. The fourth-order valence-electron chi connectivity index (χ4n) is 6.20. The molecule has 208 valence electrons. The Morgan fingerprint density at radius 3 is 2.18 bits per heavy atom. The molecule has 1 N–H and O–H groups in total. The summed E-state index contributed by atoms with van der Waals surface area (Å²) in [7, 11) is 1.54. The predicted molar refractivity (Wildman–Crippen MR) is 139 cm³/mol. The first-order valence-electron chi connectivity index (χ1n) is 13.6. The number of alkyl halides is 3. The second-order valence-corrected chi connectivity index (χ2v) is 10.9. The van der Waals surface area contributed by atoms with Gasteiger partial charge >= 0.3 is 6.18 Å². The van der Waals surface area contributed by atoms with E-state index in [1.54, 1.807) is 36.3 Å². The number of benzene rings is 2. The molecule has 39 heavy (non-hydrogen) atoms. The van der Waals surface area contributed by atoms with Gasteiger partial charge < -0.3 is 15.0 Å². The van der Waals surface area contributed by atoms with E-state index in [9.17, 15) is 27.6 Å². The average Bonchev–Trinajstić information content (AvgIpc) is 3.36. The van der Waals surface area contributed by atoms with Gasteiger partial charge in [-0.15, -0.1) is 0 Å². The lowest BCUT2D eigenvalue weighted by molar-refractivity contribution is -0.138. The van der Waals surface area contributed by atoms with Gasteiger partial charge in [-0.1, -0.05) is 25.3 Å². The van der Waals surface area contributed by atoms with Gasteiger partial charge in [-0.3, -0.25) is 14.4 Å². The van der Waals surface area contributed by atoms with Gasteiger partial charge in [-0.05, 0) is 60.7 Å². The van der Waals surface area contributed by atoms with Crippen LogP contribution in [0.15, 0.2) is 42.5 Å². The van der Waals surface area contributed by atoms with Crippen LogP contribution in [0.3, 0.4) is 0 Å². The number of rotatable bonds is 8. The van der Waals surface area contributed by atoms with E-state index in [0.29, 0.717) is 30.0 Å². The molecule has 0 radical (unpaired) electrons. The minimum Gasteiger partial charge on any atom is -0.497 e. The summed E-state index contributed by atoms with van der Waals surface area (Å²) in [5, 5.41) is 2.96. The molecule has 2 amide bonds. The quantitative estimate of drug-likeness (QED) is 0.440. The molecule has 5 rings (SSSR count). The van der Waals surface area contributed by atoms with Gasteiger partial charge in [-0.2, -0.15) is 13.2 Å². The fraction of sp³-hybridized carbons (Fsp3) is 0.500. The fourth-order valence-corrected chi connectivity index (χ4v) is 6.20. The first kappa shape index (κ1) is 27.2. The molecule has 2 aromatic carbocycles. The first-order valence-corrected chi connectivity index (χ1v) is 13.6. The van der Waals surface area contributed by atoms with Crippen molar-refractivity contribution in [2.24, 2.45) is 11.8 Å². The number of methoxy groups -OCH3 is 1. The SMILES string of the molecule is COc1ccc(C(=O)CCC(=O)NC2[C@H]3CN(C(=O)c4ccc(C5CCCCC5)c(C(F)(F)F)c4)C[C@@H]23)cc1. The molecule has 9 heteroatoms. The molecule has 3 atom stereocenters. The van der Waals surface area contributed by atoms with E-state index < -0.39 is 17.6 Å². The number of fused-ring (bicyclic) bond motifs is 1. The van der Waals surface area contributed by atoms with Crippen LogP contribution in [0.5, 0.6) is 5.75 Å². The highest BCUT2D eigenvalue weighted by Crippen LogP contribution is 2.46. The largest absolute Gasteiger partial charge is 0.497 e. The zero-order valence-corrected chi connectivity index (χ0v) is 21.9. The molecule has 1 saturated heterocycles. The highest BCUT2D eigenvalue weighted by molar-refractivity contribution is 5.98. The van der Waals surface area contributed by atoms with Crippen molar-refractivity contribution in [2.45, 2.75) is 63.1 Å². The van der Waals surface area contributed by atoms with Crippen LogP contribution < -0.4 is 10.1 Å². The first-order chi connectivity index (χ1) is 18.7. The van der Waals surface area contributed by atoms with Crippen molar-refractivity contribution in [1.29, 1.82) is 0 Å². The third kappa shape index (κ3) is 5.97. The van der Waals surface area contributed by atoms with Gasteiger partial charge in [-0.25, -0.2) is 0 Å². The Morgan fingerprint density at radius 2 is 1.56 bits per heavy atom. The Hall–Kier alpha value is -3.36. The summed E-state index contributed by atoms with van der Waals surface area (Å²) >= 11 is 0. The number of ketones is 1. The summed E-state index contributed by atoms with van der Waals surface area (Å²) < 4.78 is 46.8. The van der Waals surface area contributed by atoms with E-state index in [2.05, 4.69) is 5.32 Å². The number of amides is 2. The molecule has 3 fully saturated rings. The second-order valence-electron chi connectivity index (χ2n) is 10.9. The number of likely N-dealkylation sites (tertiary alicyclic amines) is 1. The van der Waals surface area contributed by atoms with Crippen molar-refractivity contribution in [3.05, 3.63) is 64.7 Å². The third-order valence-corrected chi connectivity index (χ3v) is 8.45. The molecule has 0 spiro atoms. The number of ether oxygens (including phenoxy) is 1. The maximum atomic E-state index is 13.9.